The Labute approximate surface area is 171 Å². The van der Waals surface area contributed by atoms with Crippen molar-refractivity contribution in [3.8, 4) is 5.75 Å². The summed E-state index contributed by atoms with van der Waals surface area (Å²) in [5, 5.41) is 2.91. The molecule has 1 aliphatic rings. The van der Waals surface area contributed by atoms with Gasteiger partial charge in [0, 0.05) is 32.4 Å². The number of pyridine rings is 1. The van der Waals surface area contributed by atoms with Crippen LogP contribution in [0.2, 0.25) is 0 Å². The number of anilines is 1. The lowest BCUT2D eigenvalue weighted by atomic mass is 10.0. The maximum Gasteiger partial charge on any atom is 0.255 e. The molecule has 0 radical (unpaired) electrons. The fourth-order valence-corrected chi connectivity index (χ4v) is 3.46. The fourth-order valence-electron chi connectivity index (χ4n) is 3.46. The molecule has 2 heterocycles. The fraction of sp³-hybridized carbons (Fsp3) is 0.409. The van der Waals surface area contributed by atoms with Crippen LogP contribution in [0, 0.1) is 5.92 Å². The van der Waals surface area contributed by atoms with Gasteiger partial charge < -0.3 is 19.9 Å². The molecule has 1 fully saturated rings. The van der Waals surface area contributed by atoms with Crippen LogP contribution in [-0.2, 0) is 4.79 Å². The minimum Gasteiger partial charge on any atom is -0.496 e. The zero-order valence-corrected chi connectivity index (χ0v) is 17.2. The number of para-hydroxylation sites is 1. The normalized spacial score (nSPS) is 15.2. The van der Waals surface area contributed by atoms with Crippen molar-refractivity contribution < 1.29 is 14.3 Å². The monoisotopic (exact) mass is 396 g/mol. The van der Waals surface area contributed by atoms with Crippen LogP contribution in [0.4, 0.5) is 5.82 Å². The second-order valence-electron chi connectivity index (χ2n) is 7.40. The quantitative estimate of drug-likeness (QED) is 0.810. The van der Waals surface area contributed by atoms with Gasteiger partial charge in [-0.2, -0.15) is 0 Å². The molecule has 0 unspecified atom stereocenters. The summed E-state index contributed by atoms with van der Waals surface area (Å²) in [4.78, 5) is 34.3. The van der Waals surface area contributed by atoms with E-state index in [-0.39, 0.29) is 17.7 Å². The summed E-state index contributed by atoms with van der Waals surface area (Å²) < 4.78 is 5.27. The molecular weight excluding hydrogens is 368 g/mol. The van der Waals surface area contributed by atoms with Gasteiger partial charge in [0.25, 0.3) is 5.91 Å². The molecule has 0 saturated carbocycles. The maximum atomic E-state index is 13.2. The first-order chi connectivity index (χ1) is 14.0. The highest BCUT2D eigenvalue weighted by Gasteiger charge is 2.31. The third-order valence-corrected chi connectivity index (χ3v) is 5.14. The zero-order chi connectivity index (χ0) is 20.8. The first kappa shape index (κ1) is 20.6. The molecule has 2 aromatic rings. The van der Waals surface area contributed by atoms with Gasteiger partial charge in [0.05, 0.1) is 12.7 Å². The predicted octanol–water partition coefficient (Wildman–Crippen LogP) is 2.19. The predicted molar refractivity (Wildman–Crippen MR) is 112 cm³/mol. The molecule has 7 heteroatoms. The first-order valence-corrected chi connectivity index (χ1v) is 9.90. The standard InChI is InChI=1S/C22H28N4O3/c1-16(2)20(24-21(27)17-8-4-5-9-18(17)29-3)22(28)26-14-12-25(13-15-26)19-10-6-7-11-23-19/h4-11,16,20H,12-15H2,1-3H3,(H,24,27)/t20-/m0/s1. The highest BCUT2D eigenvalue weighted by molar-refractivity contribution is 5.99. The van der Waals surface area contributed by atoms with Crippen molar-refractivity contribution in [2.75, 3.05) is 38.2 Å². The molecule has 0 bridgehead atoms. The molecule has 1 aliphatic heterocycles. The second-order valence-corrected chi connectivity index (χ2v) is 7.40. The van der Waals surface area contributed by atoms with Gasteiger partial charge in [-0.1, -0.05) is 32.0 Å². The summed E-state index contributed by atoms with van der Waals surface area (Å²) in [6.07, 6.45) is 1.77. The molecule has 29 heavy (non-hydrogen) atoms. The minimum absolute atomic E-state index is 0.0324. The number of carbonyl (C=O) groups excluding carboxylic acids is 2. The third-order valence-electron chi connectivity index (χ3n) is 5.14. The maximum absolute atomic E-state index is 13.2. The number of benzene rings is 1. The summed E-state index contributed by atoms with van der Waals surface area (Å²) >= 11 is 0. The van der Waals surface area contributed by atoms with Crippen molar-refractivity contribution in [2.24, 2.45) is 5.92 Å². The molecule has 0 aliphatic carbocycles. The molecule has 154 valence electrons. The Hall–Kier alpha value is -3.09. The van der Waals surface area contributed by atoms with E-state index in [1.807, 2.05) is 43.0 Å². The van der Waals surface area contributed by atoms with Crippen molar-refractivity contribution in [3.63, 3.8) is 0 Å². The van der Waals surface area contributed by atoms with E-state index >= 15 is 0 Å². The average Bonchev–Trinajstić information content (AvgIpc) is 2.77. The number of aromatic nitrogens is 1. The molecule has 0 spiro atoms. The number of hydrogen-bond acceptors (Lipinski definition) is 5. The van der Waals surface area contributed by atoms with Crippen LogP contribution in [0.1, 0.15) is 24.2 Å². The van der Waals surface area contributed by atoms with Gasteiger partial charge in [-0.3, -0.25) is 9.59 Å². The Morgan fingerprint density at radius 2 is 1.72 bits per heavy atom. The van der Waals surface area contributed by atoms with Crippen LogP contribution in [0.3, 0.4) is 0 Å². The van der Waals surface area contributed by atoms with Gasteiger partial charge in [-0.25, -0.2) is 4.98 Å². The zero-order valence-electron chi connectivity index (χ0n) is 17.2. The number of carbonyl (C=O) groups is 2. The molecular formula is C22H28N4O3. The average molecular weight is 396 g/mol. The Kier molecular flexibility index (Phi) is 6.69. The Bertz CT molecular complexity index is 833. The van der Waals surface area contributed by atoms with E-state index in [0.717, 1.165) is 5.82 Å². The van der Waals surface area contributed by atoms with Crippen molar-refractivity contribution in [3.05, 3.63) is 54.2 Å². The SMILES string of the molecule is COc1ccccc1C(=O)N[C@H](C(=O)N1CCN(c2ccccn2)CC1)C(C)C. The van der Waals surface area contributed by atoms with E-state index in [1.54, 1.807) is 24.4 Å². The van der Waals surface area contributed by atoms with Crippen LogP contribution in [-0.4, -0.2) is 61.0 Å². The lowest BCUT2D eigenvalue weighted by Crippen LogP contribution is -2.56. The molecule has 7 nitrogen and oxygen atoms in total. The molecule has 3 rings (SSSR count). The van der Waals surface area contributed by atoms with Gasteiger partial charge >= 0.3 is 0 Å². The number of nitrogens with one attached hydrogen (secondary N) is 1. The second kappa shape index (κ2) is 9.41. The van der Waals surface area contributed by atoms with Gasteiger partial charge in [-0.15, -0.1) is 0 Å². The van der Waals surface area contributed by atoms with Crippen molar-refractivity contribution >= 4 is 17.6 Å². The van der Waals surface area contributed by atoms with Crippen LogP contribution < -0.4 is 15.0 Å². The summed E-state index contributed by atoms with van der Waals surface area (Å²) in [5.74, 6) is 1.02. The highest BCUT2D eigenvalue weighted by atomic mass is 16.5. The number of methoxy groups -OCH3 is 1. The van der Waals surface area contributed by atoms with Crippen molar-refractivity contribution in [2.45, 2.75) is 19.9 Å². The Balaban J connectivity index is 1.65. The molecule has 1 saturated heterocycles. The van der Waals surface area contributed by atoms with Gasteiger partial charge in [-0.05, 0) is 30.2 Å². The van der Waals surface area contributed by atoms with E-state index in [4.69, 9.17) is 4.74 Å². The lowest BCUT2D eigenvalue weighted by molar-refractivity contribution is -0.134. The molecule has 1 atom stereocenters. The molecule has 1 aromatic heterocycles. The third kappa shape index (κ3) is 4.85. The number of piperazine rings is 1. The van der Waals surface area contributed by atoms with Gasteiger partial charge in [0.2, 0.25) is 5.91 Å². The molecule has 2 amide bonds. The summed E-state index contributed by atoms with van der Waals surface area (Å²) in [7, 11) is 1.53. The number of amides is 2. The van der Waals surface area contributed by atoms with Crippen LogP contribution in [0.5, 0.6) is 5.75 Å². The van der Waals surface area contributed by atoms with Crippen molar-refractivity contribution in [1.82, 2.24) is 15.2 Å². The molecule has 1 N–H and O–H groups in total. The van der Waals surface area contributed by atoms with E-state index < -0.39 is 6.04 Å². The summed E-state index contributed by atoms with van der Waals surface area (Å²) in [6, 6.07) is 12.3. The minimum atomic E-state index is -0.589. The number of nitrogens with zero attached hydrogens (tertiary/aromatic N) is 3. The largest absolute Gasteiger partial charge is 0.496 e. The van der Waals surface area contributed by atoms with E-state index in [9.17, 15) is 9.59 Å². The number of ether oxygens (including phenoxy) is 1. The van der Waals surface area contributed by atoms with Crippen molar-refractivity contribution in [1.29, 1.82) is 0 Å². The first-order valence-electron chi connectivity index (χ1n) is 9.90. The summed E-state index contributed by atoms with van der Waals surface area (Å²) in [5.41, 5.74) is 0.424. The molecule has 1 aromatic carbocycles. The number of hydrogen-bond donors (Lipinski definition) is 1. The van der Waals surface area contributed by atoms with Crippen LogP contribution >= 0.6 is 0 Å². The van der Waals surface area contributed by atoms with E-state index in [1.165, 1.54) is 7.11 Å². The highest BCUT2D eigenvalue weighted by Crippen LogP contribution is 2.19. The van der Waals surface area contributed by atoms with E-state index in [2.05, 4.69) is 15.2 Å². The van der Waals surface area contributed by atoms with Gasteiger partial charge in [0.15, 0.2) is 0 Å². The van der Waals surface area contributed by atoms with Crippen LogP contribution in [0.25, 0.3) is 0 Å². The van der Waals surface area contributed by atoms with Gasteiger partial charge in [0.1, 0.15) is 17.6 Å². The summed E-state index contributed by atoms with van der Waals surface area (Å²) in [6.45, 7) is 6.51. The lowest BCUT2D eigenvalue weighted by Gasteiger charge is -2.37. The number of rotatable bonds is 6. The van der Waals surface area contributed by atoms with E-state index in [0.29, 0.717) is 37.5 Å². The topological polar surface area (TPSA) is 74.8 Å². The van der Waals surface area contributed by atoms with Crippen LogP contribution in [0.15, 0.2) is 48.7 Å². The Morgan fingerprint density at radius 1 is 1.03 bits per heavy atom. The smallest absolute Gasteiger partial charge is 0.255 e. The Morgan fingerprint density at radius 3 is 2.34 bits per heavy atom.